The zero-order valence-corrected chi connectivity index (χ0v) is 12.2. The number of hydrogen-bond donors (Lipinski definition) is 1. The minimum atomic E-state index is -0.623. The van der Waals surface area contributed by atoms with Crippen molar-refractivity contribution >= 4 is 0 Å². The highest BCUT2D eigenvalue weighted by Gasteiger charge is 2.32. The number of nitrogens with zero attached hydrogens (tertiary/aromatic N) is 1. The fourth-order valence-electron chi connectivity index (χ4n) is 3.03. The summed E-state index contributed by atoms with van der Waals surface area (Å²) in [6, 6.07) is 9.54. The molecule has 0 aliphatic heterocycles. The molecule has 4 heteroatoms. The van der Waals surface area contributed by atoms with Crippen molar-refractivity contribution in [2.24, 2.45) is 0 Å². The Bertz CT molecular complexity index is 642. The molecule has 110 valence electrons. The van der Waals surface area contributed by atoms with Crippen LogP contribution < -0.4 is 9.47 Å². The lowest BCUT2D eigenvalue weighted by molar-refractivity contribution is 0.139. The van der Waals surface area contributed by atoms with Crippen LogP contribution in [0.15, 0.2) is 36.5 Å². The Balaban J connectivity index is 1.94. The molecule has 0 amide bonds. The number of benzene rings is 1. The van der Waals surface area contributed by atoms with Crippen LogP contribution in [0.3, 0.4) is 0 Å². The van der Waals surface area contributed by atoms with E-state index >= 15 is 0 Å². The molecule has 2 unspecified atom stereocenters. The van der Waals surface area contributed by atoms with E-state index in [-0.39, 0.29) is 5.92 Å². The molecule has 2 aromatic rings. The third-order valence-corrected chi connectivity index (χ3v) is 4.14. The normalized spacial score (nSPS) is 18.1. The summed E-state index contributed by atoms with van der Waals surface area (Å²) < 4.78 is 10.6. The standard InChI is InChI=1S/C17H19NO3/c1-20-12-6-8-13(15(10-12)21-2)17(19)14-7-5-11-4-3-9-18-16(11)14/h3-4,6,8-10,14,17,19H,5,7H2,1-2H3. The van der Waals surface area contributed by atoms with Gasteiger partial charge in [0.2, 0.25) is 0 Å². The van der Waals surface area contributed by atoms with Gasteiger partial charge in [0.1, 0.15) is 11.5 Å². The van der Waals surface area contributed by atoms with Crippen LogP contribution in [0.4, 0.5) is 0 Å². The van der Waals surface area contributed by atoms with Crippen molar-refractivity contribution in [3.05, 3.63) is 53.3 Å². The average Bonchev–Trinajstić information content (AvgIpc) is 2.97. The first-order valence-corrected chi connectivity index (χ1v) is 7.08. The van der Waals surface area contributed by atoms with E-state index in [0.717, 1.165) is 24.1 Å². The van der Waals surface area contributed by atoms with Crippen molar-refractivity contribution in [3.8, 4) is 11.5 Å². The fourth-order valence-corrected chi connectivity index (χ4v) is 3.03. The summed E-state index contributed by atoms with van der Waals surface area (Å²) in [7, 11) is 3.22. The first kappa shape index (κ1) is 13.9. The van der Waals surface area contributed by atoms with E-state index in [9.17, 15) is 5.11 Å². The van der Waals surface area contributed by atoms with E-state index < -0.39 is 6.10 Å². The topological polar surface area (TPSA) is 51.6 Å². The van der Waals surface area contributed by atoms with Gasteiger partial charge in [-0.1, -0.05) is 6.07 Å². The maximum Gasteiger partial charge on any atom is 0.128 e. The van der Waals surface area contributed by atoms with Gasteiger partial charge in [-0.15, -0.1) is 0 Å². The third-order valence-electron chi connectivity index (χ3n) is 4.14. The van der Waals surface area contributed by atoms with Crippen molar-refractivity contribution in [1.82, 2.24) is 4.98 Å². The van der Waals surface area contributed by atoms with Crippen molar-refractivity contribution in [3.63, 3.8) is 0 Å². The number of aromatic nitrogens is 1. The second-order valence-corrected chi connectivity index (χ2v) is 5.25. The van der Waals surface area contributed by atoms with E-state index in [1.54, 1.807) is 26.5 Å². The number of methoxy groups -OCH3 is 2. The molecule has 0 fully saturated rings. The Hall–Kier alpha value is -2.07. The van der Waals surface area contributed by atoms with Crippen molar-refractivity contribution in [2.75, 3.05) is 14.2 Å². The van der Waals surface area contributed by atoms with Gasteiger partial charge in [0.25, 0.3) is 0 Å². The smallest absolute Gasteiger partial charge is 0.128 e. The van der Waals surface area contributed by atoms with Gasteiger partial charge < -0.3 is 14.6 Å². The quantitative estimate of drug-likeness (QED) is 0.938. The van der Waals surface area contributed by atoms with E-state index in [2.05, 4.69) is 11.1 Å². The van der Waals surface area contributed by atoms with E-state index in [1.165, 1.54) is 5.56 Å². The molecule has 2 atom stereocenters. The van der Waals surface area contributed by atoms with Crippen LogP contribution in [-0.2, 0) is 6.42 Å². The molecule has 1 aromatic carbocycles. The summed E-state index contributed by atoms with van der Waals surface area (Å²) in [5.74, 6) is 1.38. The summed E-state index contributed by atoms with van der Waals surface area (Å²) in [6.45, 7) is 0. The number of fused-ring (bicyclic) bond motifs is 1. The van der Waals surface area contributed by atoms with Gasteiger partial charge in [0.15, 0.2) is 0 Å². The van der Waals surface area contributed by atoms with Crippen LogP contribution in [0.25, 0.3) is 0 Å². The minimum absolute atomic E-state index is 0.0171. The molecule has 1 heterocycles. The first-order valence-electron chi connectivity index (χ1n) is 7.08. The molecule has 1 aliphatic rings. The Morgan fingerprint density at radius 3 is 2.86 bits per heavy atom. The Labute approximate surface area is 124 Å². The summed E-state index contributed by atoms with van der Waals surface area (Å²) in [5, 5.41) is 10.8. The lowest BCUT2D eigenvalue weighted by Gasteiger charge is -2.21. The number of aliphatic hydroxyl groups is 1. The highest BCUT2D eigenvalue weighted by molar-refractivity contribution is 5.44. The number of rotatable bonds is 4. The van der Waals surface area contributed by atoms with Gasteiger partial charge in [-0.3, -0.25) is 4.98 Å². The lowest BCUT2D eigenvalue weighted by Crippen LogP contribution is -2.10. The molecular formula is C17H19NO3. The number of pyridine rings is 1. The Morgan fingerprint density at radius 1 is 1.24 bits per heavy atom. The van der Waals surface area contributed by atoms with E-state index in [4.69, 9.17) is 9.47 Å². The van der Waals surface area contributed by atoms with Crippen LogP contribution in [-0.4, -0.2) is 24.3 Å². The van der Waals surface area contributed by atoms with E-state index in [0.29, 0.717) is 11.5 Å². The Kier molecular flexibility index (Phi) is 3.80. The number of aryl methyl sites for hydroxylation is 1. The van der Waals surface area contributed by atoms with Gasteiger partial charge in [0.05, 0.1) is 20.3 Å². The highest BCUT2D eigenvalue weighted by Crippen LogP contribution is 2.43. The van der Waals surface area contributed by atoms with Crippen LogP contribution in [0, 0.1) is 0 Å². The molecule has 1 N–H and O–H groups in total. The molecule has 1 aliphatic carbocycles. The van der Waals surface area contributed by atoms with Gasteiger partial charge in [-0.2, -0.15) is 0 Å². The zero-order chi connectivity index (χ0) is 14.8. The maximum atomic E-state index is 10.8. The fraction of sp³-hybridized carbons (Fsp3) is 0.353. The molecular weight excluding hydrogens is 266 g/mol. The predicted octanol–water partition coefficient (Wildman–Crippen LogP) is 2.86. The number of ether oxygens (including phenoxy) is 2. The third kappa shape index (κ3) is 2.47. The summed E-state index contributed by atoms with van der Waals surface area (Å²) in [5.41, 5.74) is 3.01. The minimum Gasteiger partial charge on any atom is -0.497 e. The first-order chi connectivity index (χ1) is 10.2. The van der Waals surface area contributed by atoms with Gasteiger partial charge in [-0.25, -0.2) is 0 Å². The van der Waals surface area contributed by atoms with Crippen LogP contribution in [0.2, 0.25) is 0 Å². The van der Waals surface area contributed by atoms with Crippen LogP contribution in [0.5, 0.6) is 11.5 Å². The zero-order valence-electron chi connectivity index (χ0n) is 12.2. The number of hydrogen-bond acceptors (Lipinski definition) is 4. The molecule has 0 radical (unpaired) electrons. The second-order valence-electron chi connectivity index (χ2n) is 5.25. The van der Waals surface area contributed by atoms with Crippen molar-refractivity contribution in [1.29, 1.82) is 0 Å². The Morgan fingerprint density at radius 2 is 2.10 bits per heavy atom. The molecule has 4 nitrogen and oxygen atoms in total. The predicted molar refractivity (Wildman–Crippen MR) is 79.8 cm³/mol. The SMILES string of the molecule is COc1ccc(C(O)C2CCc3cccnc32)c(OC)c1. The van der Waals surface area contributed by atoms with Crippen molar-refractivity contribution in [2.45, 2.75) is 24.9 Å². The van der Waals surface area contributed by atoms with Crippen LogP contribution in [0.1, 0.15) is 35.3 Å². The molecule has 3 rings (SSSR count). The van der Waals surface area contributed by atoms with Gasteiger partial charge in [0, 0.05) is 29.4 Å². The molecule has 1 aromatic heterocycles. The van der Waals surface area contributed by atoms with Gasteiger partial charge in [-0.05, 0) is 36.6 Å². The van der Waals surface area contributed by atoms with Crippen molar-refractivity contribution < 1.29 is 14.6 Å². The summed E-state index contributed by atoms with van der Waals surface area (Å²) >= 11 is 0. The summed E-state index contributed by atoms with van der Waals surface area (Å²) in [6.07, 6.45) is 3.03. The largest absolute Gasteiger partial charge is 0.497 e. The molecule has 0 spiro atoms. The molecule has 0 bridgehead atoms. The van der Waals surface area contributed by atoms with Crippen LogP contribution >= 0.6 is 0 Å². The molecule has 0 saturated carbocycles. The van der Waals surface area contributed by atoms with Gasteiger partial charge >= 0.3 is 0 Å². The maximum absolute atomic E-state index is 10.8. The second kappa shape index (κ2) is 5.74. The molecule has 0 saturated heterocycles. The lowest BCUT2D eigenvalue weighted by atomic mass is 9.92. The highest BCUT2D eigenvalue weighted by atomic mass is 16.5. The average molecular weight is 285 g/mol. The molecule has 21 heavy (non-hydrogen) atoms. The monoisotopic (exact) mass is 285 g/mol. The van der Waals surface area contributed by atoms with E-state index in [1.807, 2.05) is 18.2 Å². The number of aliphatic hydroxyl groups excluding tert-OH is 1. The summed E-state index contributed by atoms with van der Waals surface area (Å²) in [4.78, 5) is 4.45.